The summed E-state index contributed by atoms with van der Waals surface area (Å²) in [4.78, 5) is 26.4. The second kappa shape index (κ2) is 6.48. The largest absolute Gasteiger partial charge is 0.451 e. The van der Waals surface area contributed by atoms with Crippen LogP contribution in [0.4, 0.5) is 5.69 Å². The molecule has 0 spiro atoms. The SMILES string of the molecule is Cc1ccc(C)c(N2C(=O)C(=Cc3ccc(I)o3)C(=O)NC2=S)c1. The average Bonchev–Trinajstić information content (AvgIpc) is 2.92. The molecule has 1 aliphatic heterocycles. The first-order valence-electron chi connectivity index (χ1n) is 7.11. The minimum atomic E-state index is -0.530. The summed E-state index contributed by atoms with van der Waals surface area (Å²) in [6.07, 6.45) is 1.43. The molecule has 2 heterocycles. The van der Waals surface area contributed by atoms with E-state index < -0.39 is 11.8 Å². The van der Waals surface area contributed by atoms with Crippen LogP contribution in [-0.2, 0) is 9.59 Å². The first-order chi connectivity index (χ1) is 11.4. The molecule has 1 aliphatic rings. The second-order valence-electron chi connectivity index (χ2n) is 5.39. The fourth-order valence-electron chi connectivity index (χ4n) is 2.38. The monoisotopic (exact) mass is 452 g/mol. The van der Waals surface area contributed by atoms with Crippen molar-refractivity contribution < 1.29 is 14.0 Å². The van der Waals surface area contributed by atoms with E-state index in [1.54, 1.807) is 12.1 Å². The van der Waals surface area contributed by atoms with Crippen molar-refractivity contribution in [2.45, 2.75) is 13.8 Å². The number of nitrogens with zero attached hydrogens (tertiary/aromatic N) is 1. The molecule has 0 saturated carbocycles. The summed E-state index contributed by atoms with van der Waals surface area (Å²) in [5.41, 5.74) is 2.52. The number of anilines is 1. The van der Waals surface area contributed by atoms with Gasteiger partial charge in [-0.1, -0.05) is 12.1 Å². The Morgan fingerprint density at radius 2 is 1.96 bits per heavy atom. The van der Waals surface area contributed by atoms with Crippen molar-refractivity contribution in [1.29, 1.82) is 0 Å². The Morgan fingerprint density at radius 1 is 1.21 bits per heavy atom. The lowest BCUT2D eigenvalue weighted by Crippen LogP contribution is -2.54. The van der Waals surface area contributed by atoms with Crippen molar-refractivity contribution in [2.24, 2.45) is 0 Å². The van der Waals surface area contributed by atoms with Gasteiger partial charge in [0.25, 0.3) is 11.8 Å². The van der Waals surface area contributed by atoms with Crippen LogP contribution in [0, 0.1) is 17.6 Å². The van der Waals surface area contributed by atoms with E-state index in [1.165, 1.54) is 11.0 Å². The highest BCUT2D eigenvalue weighted by Gasteiger charge is 2.35. The molecule has 24 heavy (non-hydrogen) atoms. The van der Waals surface area contributed by atoms with Crippen molar-refractivity contribution in [2.75, 3.05) is 4.90 Å². The number of thiocarbonyl (C=S) groups is 1. The van der Waals surface area contributed by atoms with Crippen molar-refractivity contribution in [3.05, 3.63) is 56.6 Å². The van der Waals surface area contributed by atoms with Gasteiger partial charge >= 0.3 is 0 Å². The molecule has 0 atom stereocenters. The fraction of sp³-hybridized carbons (Fsp3) is 0.118. The zero-order valence-electron chi connectivity index (χ0n) is 12.9. The molecule has 2 aromatic rings. The van der Waals surface area contributed by atoms with E-state index in [2.05, 4.69) is 5.32 Å². The smallest absolute Gasteiger partial charge is 0.270 e. The lowest BCUT2D eigenvalue weighted by molar-refractivity contribution is -0.122. The molecule has 122 valence electrons. The van der Waals surface area contributed by atoms with Gasteiger partial charge in [-0.2, -0.15) is 0 Å². The molecule has 1 fully saturated rings. The molecule has 1 saturated heterocycles. The van der Waals surface area contributed by atoms with Crippen LogP contribution in [-0.4, -0.2) is 16.9 Å². The number of halogens is 1. The zero-order valence-corrected chi connectivity index (χ0v) is 15.9. The molecule has 1 aromatic heterocycles. The summed E-state index contributed by atoms with van der Waals surface area (Å²) in [6, 6.07) is 9.19. The van der Waals surface area contributed by atoms with Gasteiger partial charge in [-0.05, 0) is 84.1 Å². The standard InChI is InChI=1S/C17H13IN2O3S/c1-9-3-4-10(2)13(7-9)20-16(22)12(15(21)19-17(20)24)8-11-5-6-14(18)23-11/h3-8H,1-2H3,(H,19,21,24). The molecule has 1 aromatic carbocycles. The van der Waals surface area contributed by atoms with Crippen LogP contribution in [0.1, 0.15) is 16.9 Å². The van der Waals surface area contributed by atoms with Crippen molar-refractivity contribution in [1.82, 2.24) is 5.32 Å². The third kappa shape index (κ3) is 3.13. The quantitative estimate of drug-likeness (QED) is 0.329. The number of hydrogen-bond acceptors (Lipinski definition) is 4. The van der Waals surface area contributed by atoms with E-state index in [0.29, 0.717) is 15.2 Å². The molecule has 0 aliphatic carbocycles. The maximum Gasteiger partial charge on any atom is 0.270 e. The molecule has 3 rings (SSSR count). The molecule has 5 nitrogen and oxygen atoms in total. The number of aryl methyl sites for hydroxylation is 2. The van der Waals surface area contributed by atoms with Crippen LogP contribution in [0.25, 0.3) is 6.08 Å². The molecule has 7 heteroatoms. The zero-order chi connectivity index (χ0) is 17.4. The van der Waals surface area contributed by atoms with Gasteiger partial charge in [0.15, 0.2) is 8.88 Å². The molecular weight excluding hydrogens is 439 g/mol. The van der Waals surface area contributed by atoms with Gasteiger partial charge in [-0.15, -0.1) is 0 Å². The third-order valence-electron chi connectivity index (χ3n) is 3.59. The van der Waals surface area contributed by atoms with Gasteiger partial charge in [0, 0.05) is 0 Å². The number of carbonyl (C=O) groups is 2. The van der Waals surface area contributed by atoms with Gasteiger partial charge in [0.1, 0.15) is 11.3 Å². The predicted octanol–water partition coefficient (Wildman–Crippen LogP) is 3.33. The van der Waals surface area contributed by atoms with E-state index in [4.69, 9.17) is 16.6 Å². The Bertz CT molecular complexity index is 901. The Morgan fingerprint density at radius 3 is 2.62 bits per heavy atom. The lowest BCUT2D eigenvalue weighted by Gasteiger charge is -2.30. The topological polar surface area (TPSA) is 62.6 Å². The Hall–Kier alpha value is -2.00. The van der Waals surface area contributed by atoms with Gasteiger partial charge in [0.05, 0.1) is 5.69 Å². The van der Waals surface area contributed by atoms with Gasteiger partial charge in [-0.25, -0.2) is 0 Å². The molecule has 0 bridgehead atoms. The summed E-state index contributed by atoms with van der Waals surface area (Å²) in [7, 11) is 0. The highest BCUT2D eigenvalue weighted by Crippen LogP contribution is 2.26. The van der Waals surface area contributed by atoms with Crippen LogP contribution in [0.5, 0.6) is 0 Å². The molecular formula is C17H13IN2O3S. The molecule has 0 radical (unpaired) electrons. The summed E-state index contributed by atoms with van der Waals surface area (Å²) in [5.74, 6) is -0.562. The van der Waals surface area contributed by atoms with Crippen LogP contribution in [0.3, 0.4) is 0 Å². The fourth-order valence-corrected chi connectivity index (χ4v) is 3.09. The van der Waals surface area contributed by atoms with E-state index in [0.717, 1.165) is 11.1 Å². The minimum Gasteiger partial charge on any atom is -0.451 e. The first-order valence-corrected chi connectivity index (χ1v) is 8.59. The predicted molar refractivity (Wildman–Crippen MR) is 104 cm³/mol. The van der Waals surface area contributed by atoms with Crippen molar-refractivity contribution in [3.63, 3.8) is 0 Å². The Balaban J connectivity index is 2.06. The lowest BCUT2D eigenvalue weighted by atomic mass is 10.1. The summed E-state index contributed by atoms with van der Waals surface area (Å²) in [6.45, 7) is 3.82. The third-order valence-corrected chi connectivity index (χ3v) is 4.45. The summed E-state index contributed by atoms with van der Waals surface area (Å²) in [5, 5.41) is 2.64. The normalized spacial score (nSPS) is 16.7. The first kappa shape index (κ1) is 16.8. The number of carbonyl (C=O) groups excluding carboxylic acids is 2. The van der Waals surface area contributed by atoms with Crippen LogP contribution in [0.15, 0.2) is 40.3 Å². The number of amides is 2. The van der Waals surface area contributed by atoms with E-state index >= 15 is 0 Å². The summed E-state index contributed by atoms with van der Waals surface area (Å²) < 4.78 is 6.09. The van der Waals surface area contributed by atoms with Gasteiger partial charge in [0.2, 0.25) is 0 Å². The second-order valence-corrected chi connectivity index (χ2v) is 6.84. The van der Waals surface area contributed by atoms with Gasteiger partial charge < -0.3 is 4.42 Å². The number of benzene rings is 1. The van der Waals surface area contributed by atoms with Crippen LogP contribution in [0.2, 0.25) is 0 Å². The van der Waals surface area contributed by atoms with E-state index in [1.807, 2.05) is 54.6 Å². The maximum absolute atomic E-state index is 12.9. The Kier molecular flexibility index (Phi) is 4.55. The molecule has 0 unspecified atom stereocenters. The maximum atomic E-state index is 12.9. The van der Waals surface area contributed by atoms with Crippen LogP contribution < -0.4 is 10.2 Å². The Labute approximate surface area is 157 Å². The summed E-state index contributed by atoms with van der Waals surface area (Å²) >= 11 is 7.23. The minimum absolute atomic E-state index is 0.0183. The van der Waals surface area contributed by atoms with Gasteiger partial charge in [-0.3, -0.25) is 19.8 Å². The highest BCUT2D eigenvalue weighted by molar-refractivity contribution is 14.1. The van der Waals surface area contributed by atoms with Crippen LogP contribution >= 0.6 is 34.8 Å². The number of hydrogen-bond donors (Lipinski definition) is 1. The highest BCUT2D eigenvalue weighted by atomic mass is 127. The molecule has 2 amide bonds. The number of nitrogens with one attached hydrogen (secondary N) is 1. The van der Waals surface area contributed by atoms with E-state index in [9.17, 15) is 9.59 Å². The molecule has 1 N–H and O–H groups in total. The van der Waals surface area contributed by atoms with Crippen molar-refractivity contribution in [3.8, 4) is 0 Å². The van der Waals surface area contributed by atoms with Crippen molar-refractivity contribution >= 4 is 63.5 Å². The van der Waals surface area contributed by atoms with E-state index in [-0.39, 0.29) is 10.7 Å². The average molecular weight is 452 g/mol. The number of rotatable bonds is 2. The number of furan rings is 1.